The fourth-order valence-electron chi connectivity index (χ4n) is 2.60. The van der Waals surface area contributed by atoms with E-state index in [0.717, 1.165) is 21.2 Å². The van der Waals surface area contributed by atoms with Crippen LogP contribution in [0.25, 0.3) is 11.1 Å². The molecule has 0 fully saturated rings. The largest absolute Gasteiger partial charge is 0.240 e. The average molecular weight is 480 g/mol. The van der Waals surface area contributed by atoms with E-state index in [2.05, 4.69) is 20.7 Å². The molecule has 0 spiro atoms. The third-order valence-corrected chi connectivity index (χ3v) is 7.20. The van der Waals surface area contributed by atoms with Gasteiger partial charge in [-0.3, -0.25) is 0 Å². The fraction of sp³-hybridized carbons (Fsp3) is 0.100. The first kappa shape index (κ1) is 20.7. The summed E-state index contributed by atoms with van der Waals surface area (Å²) in [6.07, 6.45) is 1.17. The second-order valence-electron chi connectivity index (χ2n) is 6.28. The summed E-state index contributed by atoms with van der Waals surface area (Å²) in [5, 5.41) is 0. The van der Waals surface area contributed by atoms with E-state index in [1.54, 1.807) is 30.3 Å². The molecule has 28 heavy (non-hydrogen) atoms. The molecule has 0 amide bonds. The first-order valence-corrected chi connectivity index (χ1v) is 12.5. The Kier molecular flexibility index (Phi) is 6.04. The zero-order valence-corrected chi connectivity index (χ0v) is 18.2. The van der Waals surface area contributed by atoms with Crippen molar-refractivity contribution >= 4 is 35.8 Å². The van der Waals surface area contributed by atoms with Gasteiger partial charge in [-0.25, -0.2) is 21.6 Å². The molecule has 0 aliphatic heterocycles. The van der Waals surface area contributed by atoms with Gasteiger partial charge in [0, 0.05) is 17.3 Å². The van der Waals surface area contributed by atoms with Gasteiger partial charge in [0.05, 0.1) is 9.79 Å². The van der Waals surface area contributed by atoms with E-state index in [4.69, 9.17) is 0 Å². The summed E-state index contributed by atoms with van der Waals surface area (Å²) in [7, 11) is -6.87. The van der Waals surface area contributed by atoms with Crippen LogP contribution in [0.15, 0.2) is 87.1 Å². The highest BCUT2D eigenvalue weighted by molar-refractivity contribution is 9.10. The van der Waals surface area contributed by atoms with Gasteiger partial charge in [0.1, 0.15) is 0 Å². The van der Waals surface area contributed by atoms with Crippen molar-refractivity contribution in [1.29, 1.82) is 0 Å². The topological polar surface area (TPSA) is 80.3 Å². The maximum absolute atomic E-state index is 12.4. The van der Waals surface area contributed by atoms with Crippen molar-refractivity contribution in [2.75, 3.05) is 6.26 Å². The molecule has 0 aliphatic rings. The highest BCUT2D eigenvalue weighted by Crippen LogP contribution is 2.23. The summed E-state index contributed by atoms with van der Waals surface area (Å²) < 4.78 is 51.5. The Morgan fingerprint density at radius 3 is 2.04 bits per heavy atom. The summed E-state index contributed by atoms with van der Waals surface area (Å²) in [5.41, 5.74) is 2.43. The van der Waals surface area contributed by atoms with Crippen molar-refractivity contribution in [3.63, 3.8) is 0 Å². The molecule has 8 heteroatoms. The molecule has 0 atom stereocenters. The van der Waals surface area contributed by atoms with Gasteiger partial charge in [-0.15, -0.1) is 0 Å². The van der Waals surface area contributed by atoms with Crippen molar-refractivity contribution < 1.29 is 16.8 Å². The Balaban J connectivity index is 1.74. The van der Waals surface area contributed by atoms with Gasteiger partial charge >= 0.3 is 0 Å². The van der Waals surface area contributed by atoms with Gasteiger partial charge in [-0.2, -0.15) is 0 Å². The van der Waals surface area contributed by atoms with Crippen molar-refractivity contribution in [2.24, 2.45) is 0 Å². The lowest BCUT2D eigenvalue weighted by Gasteiger charge is -2.09. The monoisotopic (exact) mass is 479 g/mol. The summed E-state index contributed by atoms with van der Waals surface area (Å²) in [6, 6.07) is 20.4. The minimum atomic E-state index is -3.60. The Bertz CT molecular complexity index is 1190. The lowest BCUT2D eigenvalue weighted by Crippen LogP contribution is -2.23. The summed E-state index contributed by atoms with van der Waals surface area (Å²) >= 11 is 3.28. The molecule has 0 heterocycles. The Morgan fingerprint density at radius 1 is 0.786 bits per heavy atom. The zero-order valence-electron chi connectivity index (χ0n) is 15.0. The van der Waals surface area contributed by atoms with Gasteiger partial charge in [0.25, 0.3) is 0 Å². The number of hydrogen-bond acceptors (Lipinski definition) is 4. The van der Waals surface area contributed by atoms with Crippen molar-refractivity contribution in [3.8, 4) is 11.1 Å². The number of sulfone groups is 1. The lowest BCUT2D eigenvalue weighted by molar-refractivity contribution is 0.581. The molecule has 0 aliphatic carbocycles. The molecule has 0 unspecified atom stereocenters. The number of benzene rings is 3. The van der Waals surface area contributed by atoms with Crippen LogP contribution in [0.5, 0.6) is 0 Å². The van der Waals surface area contributed by atoms with E-state index in [0.29, 0.717) is 0 Å². The van der Waals surface area contributed by atoms with Crippen molar-refractivity contribution in [1.82, 2.24) is 4.72 Å². The summed E-state index contributed by atoms with van der Waals surface area (Å²) in [4.78, 5) is 0.459. The SMILES string of the molecule is CS(=O)(=O)c1cccc(-c2ccc(CNS(=O)(=O)c3ccc(Br)cc3)cc2)c1. The van der Waals surface area contributed by atoms with Crippen LogP contribution in [0, 0.1) is 0 Å². The maximum atomic E-state index is 12.4. The van der Waals surface area contributed by atoms with E-state index >= 15 is 0 Å². The zero-order chi connectivity index (χ0) is 20.4. The van der Waals surface area contributed by atoms with Gasteiger partial charge in [0.15, 0.2) is 9.84 Å². The number of rotatable bonds is 6. The van der Waals surface area contributed by atoms with Crippen LogP contribution in [0.3, 0.4) is 0 Å². The lowest BCUT2D eigenvalue weighted by atomic mass is 10.0. The third kappa shape index (κ3) is 5.08. The first-order chi connectivity index (χ1) is 13.1. The van der Waals surface area contributed by atoms with Crippen LogP contribution in [0.4, 0.5) is 0 Å². The van der Waals surface area contributed by atoms with Crippen LogP contribution >= 0.6 is 15.9 Å². The number of halogens is 1. The predicted molar refractivity (Wildman–Crippen MR) is 113 cm³/mol. The highest BCUT2D eigenvalue weighted by atomic mass is 79.9. The van der Waals surface area contributed by atoms with E-state index in [9.17, 15) is 16.8 Å². The molecule has 3 aromatic carbocycles. The quantitative estimate of drug-likeness (QED) is 0.579. The first-order valence-electron chi connectivity index (χ1n) is 8.30. The second-order valence-corrected chi connectivity index (χ2v) is 11.0. The van der Waals surface area contributed by atoms with E-state index in [1.165, 1.54) is 18.4 Å². The minimum Gasteiger partial charge on any atom is -0.224 e. The fourth-order valence-corrected chi connectivity index (χ4v) is 4.55. The van der Waals surface area contributed by atoms with Gasteiger partial charge in [-0.1, -0.05) is 52.3 Å². The van der Waals surface area contributed by atoms with Crippen LogP contribution in [0.1, 0.15) is 5.56 Å². The van der Waals surface area contributed by atoms with Crippen LogP contribution in [-0.2, 0) is 26.4 Å². The van der Waals surface area contributed by atoms with Crippen LogP contribution in [-0.4, -0.2) is 23.1 Å². The Labute approximate surface area is 173 Å². The highest BCUT2D eigenvalue weighted by Gasteiger charge is 2.13. The molecule has 3 aromatic rings. The normalized spacial score (nSPS) is 12.1. The van der Waals surface area contributed by atoms with E-state index in [-0.39, 0.29) is 16.3 Å². The standard InChI is InChI=1S/C20H18BrNO4S2/c1-27(23,24)20-4-2-3-17(13-20)16-7-5-15(6-8-16)14-22-28(25,26)19-11-9-18(21)10-12-19/h2-13,22H,14H2,1H3. The maximum Gasteiger partial charge on any atom is 0.240 e. The molecule has 0 aromatic heterocycles. The second kappa shape index (κ2) is 8.16. The number of nitrogens with one attached hydrogen (secondary N) is 1. The van der Waals surface area contributed by atoms with E-state index in [1.807, 2.05) is 30.3 Å². The Hall–Kier alpha value is -2.00. The van der Waals surface area contributed by atoms with Gasteiger partial charge in [0.2, 0.25) is 10.0 Å². The Morgan fingerprint density at radius 2 is 1.43 bits per heavy atom. The average Bonchev–Trinajstić information content (AvgIpc) is 2.67. The molecular weight excluding hydrogens is 462 g/mol. The molecule has 3 rings (SSSR count). The summed E-state index contributed by atoms with van der Waals surface area (Å²) in [5.74, 6) is 0. The van der Waals surface area contributed by atoms with Crippen molar-refractivity contribution in [3.05, 3.63) is 82.8 Å². The minimum absolute atomic E-state index is 0.155. The van der Waals surface area contributed by atoms with Gasteiger partial charge < -0.3 is 0 Å². The van der Waals surface area contributed by atoms with Crippen LogP contribution < -0.4 is 4.72 Å². The summed E-state index contributed by atoms with van der Waals surface area (Å²) in [6.45, 7) is 0.155. The molecule has 146 valence electrons. The molecular formula is C20H18BrNO4S2. The molecule has 5 nitrogen and oxygen atoms in total. The molecule has 0 bridgehead atoms. The number of hydrogen-bond donors (Lipinski definition) is 1. The molecule has 0 saturated heterocycles. The third-order valence-electron chi connectivity index (χ3n) is 4.14. The molecule has 0 saturated carbocycles. The smallest absolute Gasteiger partial charge is 0.224 e. The van der Waals surface area contributed by atoms with E-state index < -0.39 is 19.9 Å². The predicted octanol–water partition coefficient (Wildman–Crippen LogP) is 4.00. The van der Waals surface area contributed by atoms with Crippen molar-refractivity contribution in [2.45, 2.75) is 16.3 Å². The number of sulfonamides is 1. The van der Waals surface area contributed by atoms with Crippen LogP contribution in [0.2, 0.25) is 0 Å². The molecule has 0 radical (unpaired) electrons. The van der Waals surface area contributed by atoms with Gasteiger partial charge in [-0.05, 0) is 53.1 Å². The molecule has 1 N–H and O–H groups in total.